The van der Waals surface area contributed by atoms with E-state index in [1.807, 2.05) is 0 Å². The molecule has 0 amide bonds. The molecule has 0 aromatic rings. The van der Waals surface area contributed by atoms with Crippen molar-refractivity contribution in [1.82, 2.24) is 9.80 Å². The number of piperidine rings is 1. The molecular weight excluding hydrogens is 238 g/mol. The normalized spacial score (nSPS) is 23.2. The Labute approximate surface area is 118 Å². The smallest absolute Gasteiger partial charge is 0.0599 e. The second-order valence-corrected chi connectivity index (χ2v) is 5.96. The van der Waals surface area contributed by atoms with Gasteiger partial charge >= 0.3 is 0 Å². The SMILES string of the molecule is NCCCOC1CCN(CCCN2CCCC2)CC1. The van der Waals surface area contributed by atoms with Gasteiger partial charge in [0.05, 0.1) is 6.10 Å². The van der Waals surface area contributed by atoms with Gasteiger partial charge in [-0.05, 0) is 71.2 Å². The van der Waals surface area contributed by atoms with E-state index in [0.717, 1.165) is 19.6 Å². The lowest BCUT2D eigenvalue weighted by Gasteiger charge is -2.32. The maximum atomic E-state index is 5.84. The van der Waals surface area contributed by atoms with Gasteiger partial charge in [-0.25, -0.2) is 0 Å². The first kappa shape index (κ1) is 15.2. The number of hydrogen-bond acceptors (Lipinski definition) is 4. The van der Waals surface area contributed by atoms with E-state index in [-0.39, 0.29) is 0 Å². The van der Waals surface area contributed by atoms with Crippen molar-refractivity contribution in [2.24, 2.45) is 5.73 Å². The van der Waals surface area contributed by atoms with Crippen LogP contribution in [-0.4, -0.2) is 68.3 Å². The molecule has 4 nitrogen and oxygen atoms in total. The van der Waals surface area contributed by atoms with Crippen molar-refractivity contribution in [1.29, 1.82) is 0 Å². The number of hydrogen-bond donors (Lipinski definition) is 1. The molecule has 0 bridgehead atoms. The fraction of sp³-hybridized carbons (Fsp3) is 1.00. The van der Waals surface area contributed by atoms with Crippen LogP contribution in [0.5, 0.6) is 0 Å². The molecule has 2 aliphatic heterocycles. The van der Waals surface area contributed by atoms with E-state index in [0.29, 0.717) is 6.10 Å². The van der Waals surface area contributed by atoms with Crippen molar-refractivity contribution in [2.45, 2.75) is 44.6 Å². The number of rotatable bonds is 8. The Morgan fingerprint density at radius 3 is 2.16 bits per heavy atom. The van der Waals surface area contributed by atoms with Crippen molar-refractivity contribution in [3.63, 3.8) is 0 Å². The lowest BCUT2D eigenvalue weighted by atomic mass is 10.1. The monoisotopic (exact) mass is 269 g/mol. The van der Waals surface area contributed by atoms with Crippen LogP contribution in [0.2, 0.25) is 0 Å². The quantitative estimate of drug-likeness (QED) is 0.675. The zero-order valence-corrected chi connectivity index (χ0v) is 12.4. The van der Waals surface area contributed by atoms with Gasteiger partial charge in [-0.15, -0.1) is 0 Å². The molecule has 19 heavy (non-hydrogen) atoms. The second kappa shape index (κ2) is 8.90. The highest BCUT2D eigenvalue weighted by Crippen LogP contribution is 2.14. The molecule has 0 unspecified atom stereocenters. The van der Waals surface area contributed by atoms with Gasteiger partial charge in [-0.1, -0.05) is 0 Å². The van der Waals surface area contributed by atoms with Crippen LogP contribution in [0.15, 0.2) is 0 Å². The number of nitrogens with zero attached hydrogens (tertiary/aromatic N) is 2. The van der Waals surface area contributed by atoms with Crippen molar-refractivity contribution in [2.75, 3.05) is 52.4 Å². The van der Waals surface area contributed by atoms with E-state index in [9.17, 15) is 0 Å². The van der Waals surface area contributed by atoms with E-state index < -0.39 is 0 Å². The largest absolute Gasteiger partial charge is 0.378 e. The summed E-state index contributed by atoms with van der Waals surface area (Å²) < 4.78 is 5.84. The maximum absolute atomic E-state index is 5.84. The van der Waals surface area contributed by atoms with Gasteiger partial charge in [0.1, 0.15) is 0 Å². The third kappa shape index (κ3) is 5.78. The predicted octanol–water partition coefficient (Wildman–Crippen LogP) is 1.30. The molecule has 0 aliphatic carbocycles. The van der Waals surface area contributed by atoms with Gasteiger partial charge in [0.25, 0.3) is 0 Å². The highest BCUT2D eigenvalue weighted by molar-refractivity contribution is 4.73. The van der Waals surface area contributed by atoms with Crippen molar-refractivity contribution in [3.05, 3.63) is 0 Å². The molecular formula is C15H31N3O. The van der Waals surface area contributed by atoms with E-state index in [2.05, 4.69) is 9.80 Å². The Kier molecular flexibility index (Phi) is 7.14. The molecule has 2 heterocycles. The van der Waals surface area contributed by atoms with Crippen molar-refractivity contribution < 1.29 is 4.74 Å². The summed E-state index contributed by atoms with van der Waals surface area (Å²) in [5.74, 6) is 0. The Bertz CT molecular complexity index is 223. The summed E-state index contributed by atoms with van der Waals surface area (Å²) in [5, 5.41) is 0. The van der Waals surface area contributed by atoms with Gasteiger partial charge in [0, 0.05) is 19.7 Å². The molecule has 112 valence electrons. The zero-order valence-electron chi connectivity index (χ0n) is 12.4. The molecule has 2 N–H and O–H groups in total. The molecule has 0 radical (unpaired) electrons. The summed E-state index contributed by atoms with van der Waals surface area (Å²) in [6.45, 7) is 9.25. The van der Waals surface area contributed by atoms with Crippen molar-refractivity contribution >= 4 is 0 Å². The molecule has 0 saturated carbocycles. The first-order chi connectivity index (χ1) is 9.38. The minimum Gasteiger partial charge on any atom is -0.378 e. The maximum Gasteiger partial charge on any atom is 0.0599 e. The molecule has 0 aromatic heterocycles. The summed E-state index contributed by atoms with van der Waals surface area (Å²) in [7, 11) is 0. The van der Waals surface area contributed by atoms with Crippen LogP contribution in [0.4, 0.5) is 0 Å². The van der Waals surface area contributed by atoms with Crippen LogP contribution in [0.3, 0.4) is 0 Å². The molecule has 4 heteroatoms. The number of likely N-dealkylation sites (tertiary alicyclic amines) is 2. The van der Waals surface area contributed by atoms with E-state index in [1.165, 1.54) is 71.4 Å². The molecule has 2 fully saturated rings. The van der Waals surface area contributed by atoms with Crippen LogP contribution >= 0.6 is 0 Å². The van der Waals surface area contributed by atoms with Gasteiger partial charge in [0.2, 0.25) is 0 Å². The van der Waals surface area contributed by atoms with Crippen molar-refractivity contribution in [3.8, 4) is 0 Å². The topological polar surface area (TPSA) is 41.7 Å². The summed E-state index contributed by atoms with van der Waals surface area (Å²) in [6, 6.07) is 0. The molecule has 0 atom stereocenters. The molecule has 2 saturated heterocycles. The van der Waals surface area contributed by atoms with Crippen LogP contribution in [-0.2, 0) is 4.74 Å². The minimum absolute atomic E-state index is 0.487. The predicted molar refractivity (Wildman–Crippen MR) is 79.4 cm³/mol. The van der Waals surface area contributed by atoms with E-state index in [4.69, 9.17) is 10.5 Å². The lowest BCUT2D eigenvalue weighted by Crippen LogP contribution is -2.38. The summed E-state index contributed by atoms with van der Waals surface area (Å²) in [5.41, 5.74) is 5.48. The van der Waals surface area contributed by atoms with Gasteiger partial charge < -0.3 is 20.3 Å². The molecule has 2 rings (SSSR count). The minimum atomic E-state index is 0.487. The first-order valence-corrected chi connectivity index (χ1v) is 8.15. The third-order valence-corrected chi connectivity index (χ3v) is 4.38. The average molecular weight is 269 g/mol. The Hall–Kier alpha value is -0.160. The van der Waals surface area contributed by atoms with E-state index >= 15 is 0 Å². The van der Waals surface area contributed by atoms with Gasteiger partial charge in [-0.2, -0.15) is 0 Å². The van der Waals surface area contributed by atoms with Crippen LogP contribution in [0, 0.1) is 0 Å². The molecule has 2 aliphatic rings. The van der Waals surface area contributed by atoms with Gasteiger partial charge in [0.15, 0.2) is 0 Å². The fourth-order valence-electron chi connectivity index (χ4n) is 3.16. The zero-order chi connectivity index (χ0) is 13.3. The summed E-state index contributed by atoms with van der Waals surface area (Å²) in [4.78, 5) is 5.22. The Morgan fingerprint density at radius 1 is 0.895 bits per heavy atom. The first-order valence-electron chi connectivity index (χ1n) is 8.15. The van der Waals surface area contributed by atoms with Crippen LogP contribution in [0.1, 0.15) is 38.5 Å². The standard InChI is InChI=1S/C15H31N3O/c16-7-3-14-19-15-5-12-18(13-6-15)11-4-10-17-8-1-2-9-17/h15H,1-14,16H2. The fourth-order valence-corrected chi connectivity index (χ4v) is 3.16. The lowest BCUT2D eigenvalue weighted by molar-refractivity contribution is 0.00676. The van der Waals surface area contributed by atoms with Crippen LogP contribution < -0.4 is 5.73 Å². The Morgan fingerprint density at radius 2 is 1.53 bits per heavy atom. The highest BCUT2D eigenvalue weighted by atomic mass is 16.5. The number of ether oxygens (including phenoxy) is 1. The average Bonchev–Trinajstić information content (AvgIpc) is 2.94. The van der Waals surface area contributed by atoms with E-state index in [1.54, 1.807) is 0 Å². The second-order valence-electron chi connectivity index (χ2n) is 5.96. The third-order valence-electron chi connectivity index (χ3n) is 4.38. The van der Waals surface area contributed by atoms with Crippen LogP contribution in [0.25, 0.3) is 0 Å². The molecule has 0 spiro atoms. The Balaban J connectivity index is 1.48. The summed E-state index contributed by atoms with van der Waals surface area (Å²) >= 11 is 0. The number of nitrogens with two attached hydrogens (primary N) is 1. The molecule has 0 aromatic carbocycles. The summed E-state index contributed by atoms with van der Waals surface area (Å²) in [6.07, 6.45) is 8.04. The highest BCUT2D eigenvalue weighted by Gasteiger charge is 2.19. The van der Waals surface area contributed by atoms with Gasteiger partial charge in [-0.3, -0.25) is 0 Å².